The normalized spacial score (nSPS) is 10.9. The molecule has 0 spiro atoms. The Morgan fingerprint density at radius 3 is 2.83 bits per heavy atom. The molecule has 0 saturated carbocycles. The minimum absolute atomic E-state index is 0.235. The minimum Gasteiger partial charge on any atom is -0.318 e. The van der Waals surface area contributed by atoms with Crippen LogP contribution in [0.15, 0.2) is 24.8 Å². The molecule has 3 rings (SSSR count). The molecule has 2 N–H and O–H groups in total. The van der Waals surface area contributed by atoms with Gasteiger partial charge in [0.25, 0.3) is 5.91 Å². The lowest BCUT2D eigenvalue weighted by Gasteiger charge is -2.03. The highest BCUT2D eigenvalue weighted by atomic mass is 127. The van der Waals surface area contributed by atoms with Crippen molar-refractivity contribution in [3.05, 3.63) is 45.3 Å². The summed E-state index contributed by atoms with van der Waals surface area (Å²) in [5, 5.41) is 17.9. The predicted octanol–water partition coefficient (Wildman–Crippen LogP) is 2.04. The van der Waals surface area contributed by atoms with Gasteiger partial charge in [0.05, 0.1) is 34.4 Å². The molecule has 0 aromatic carbocycles. The van der Waals surface area contributed by atoms with Gasteiger partial charge in [0.1, 0.15) is 5.69 Å². The van der Waals surface area contributed by atoms with Crippen molar-refractivity contribution in [1.29, 1.82) is 0 Å². The fraction of sp³-hybridized carbons (Fsp3) is 0.286. The minimum atomic E-state index is -0.235. The van der Waals surface area contributed by atoms with Crippen molar-refractivity contribution < 1.29 is 4.79 Å². The number of carbonyl (C=O) groups excluding carboxylic acids is 1. The SMILES string of the molecule is CCn1ncc(Cn2cc(NC(=O)c3[nH]ncc3I)cn2)c1C. The van der Waals surface area contributed by atoms with Gasteiger partial charge >= 0.3 is 0 Å². The summed E-state index contributed by atoms with van der Waals surface area (Å²) in [6, 6.07) is 0. The maximum atomic E-state index is 12.1. The number of rotatable bonds is 5. The Balaban J connectivity index is 1.69. The third-order valence-corrected chi connectivity index (χ3v) is 4.37. The molecule has 0 atom stereocenters. The van der Waals surface area contributed by atoms with Gasteiger partial charge in [0.2, 0.25) is 0 Å². The number of H-pyrrole nitrogens is 1. The highest BCUT2D eigenvalue weighted by Crippen LogP contribution is 2.14. The molecular formula is C14H16IN7O. The topological polar surface area (TPSA) is 93.4 Å². The molecule has 0 aliphatic heterocycles. The van der Waals surface area contributed by atoms with Crippen LogP contribution >= 0.6 is 22.6 Å². The summed E-state index contributed by atoms with van der Waals surface area (Å²) in [7, 11) is 0. The van der Waals surface area contributed by atoms with E-state index < -0.39 is 0 Å². The maximum Gasteiger partial charge on any atom is 0.274 e. The van der Waals surface area contributed by atoms with Crippen LogP contribution in [0.4, 0.5) is 5.69 Å². The zero-order chi connectivity index (χ0) is 16.4. The average molecular weight is 425 g/mol. The van der Waals surface area contributed by atoms with E-state index in [0.29, 0.717) is 17.9 Å². The number of nitrogens with zero attached hydrogens (tertiary/aromatic N) is 5. The van der Waals surface area contributed by atoms with Crippen LogP contribution in [0.25, 0.3) is 0 Å². The lowest BCUT2D eigenvalue weighted by Crippen LogP contribution is -2.13. The molecule has 23 heavy (non-hydrogen) atoms. The summed E-state index contributed by atoms with van der Waals surface area (Å²) >= 11 is 2.06. The van der Waals surface area contributed by atoms with E-state index in [1.165, 1.54) is 0 Å². The first-order valence-electron chi connectivity index (χ1n) is 7.12. The molecule has 1 amide bonds. The van der Waals surface area contributed by atoms with Crippen molar-refractivity contribution in [3.8, 4) is 0 Å². The summed E-state index contributed by atoms with van der Waals surface area (Å²) < 4.78 is 4.49. The fourth-order valence-electron chi connectivity index (χ4n) is 2.27. The van der Waals surface area contributed by atoms with Crippen molar-refractivity contribution in [3.63, 3.8) is 0 Å². The van der Waals surface area contributed by atoms with E-state index in [2.05, 4.69) is 55.2 Å². The number of nitrogens with one attached hydrogen (secondary N) is 2. The molecule has 8 nitrogen and oxygen atoms in total. The second kappa shape index (κ2) is 6.52. The third-order valence-electron chi connectivity index (χ3n) is 3.55. The molecule has 0 fully saturated rings. The number of anilines is 1. The van der Waals surface area contributed by atoms with E-state index in [1.54, 1.807) is 23.3 Å². The van der Waals surface area contributed by atoms with Gasteiger partial charge in [-0.3, -0.25) is 19.3 Å². The summed E-state index contributed by atoms with van der Waals surface area (Å²) in [6.07, 6.45) is 6.88. The monoisotopic (exact) mass is 425 g/mol. The summed E-state index contributed by atoms with van der Waals surface area (Å²) in [5.41, 5.74) is 3.32. The van der Waals surface area contributed by atoms with E-state index in [-0.39, 0.29) is 5.91 Å². The molecule has 0 unspecified atom stereocenters. The van der Waals surface area contributed by atoms with Crippen LogP contribution < -0.4 is 5.32 Å². The number of carbonyl (C=O) groups is 1. The van der Waals surface area contributed by atoms with Crippen LogP contribution in [0.5, 0.6) is 0 Å². The van der Waals surface area contributed by atoms with E-state index in [1.807, 2.05) is 17.8 Å². The predicted molar refractivity (Wildman–Crippen MR) is 93.2 cm³/mol. The number of aromatic nitrogens is 6. The van der Waals surface area contributed by atoms with Gasteiger partial charge in [-0.1, -0.05) is 0 Å². The van der Waals surface area contributed by atoms with Crippen LogP contribution in [-0.2, 0) is 13.1 Å². The molecule has 3 aromatic heterocycles. The lowest BCUT2D eigenvalue weighted by molar-refractivity contribution is 0.102. The highest BCUT2D eigenvalue weighted by molar-refractivity contribution is 14.1. The Morgan fingerprint density at radius 2 is 2.17 bits per heavy atom. The van der Waals surface area contributed by atoms with Crippen molar-refractivity contribution in [2.24, 2.45) is 0 Å². The Bertz CT molecular complexity index is 832. The van der Waals surface area contributed by atoms with E-state index >= 15 is 0 Å². The fourth-order valence-corrected chi connectivity index (χ4v) is 2.78. The van der Waals surface area contributed by atoms with Crippen molar-refractivity contribution in [2.75, 3.05) is 5.32 Å². The number of hydrogen-bond acceptors (Lipinski definition) is 4. The molecule has 120 valence electrons. The Hall–Kier alpha value is -2.17. The lowest BCUT2D eigenvalue weighted by atomic mass is 10.2. The van der Waals surface area contributed by atoms with Gasteiger partial charge < -0.3 is 5.32 Å². The van der Waals surface area contributed by atoms with Gasteiger partial charge in [0.15, 0.2) is 0 Å². The second-order valence-corrected chi connectivity index (χ2v) is 6.21. The Labute approximate surface area is 146 Å². The standard InChI is InChI=1S/C14H16IN7O/c1-3-22-9(2)10(4-18-22)7-21-8-11(5-17-21)19-14(23)13-12(15)6-16-20-13/h4-6,8H,3,7H2,1-2H3,(H,16,20)(H,19,23). The number of amides is 1. The van der Waals surface area contributed by atoms with Gasteiger partial charge in [-0.2, -0.15) is 15.3 Å². The van der Waals surface area contributed by atoms with Crippen LogP contribution in [0, 0.1) is 10.5 Å². The first-order chi connectivity index (χ1) is 11.1. The number of halogens is 1. The quantitative estimate of drug-likeness (QED) is 0.612. The molecule has 3 heterocycles. The van der Waals surface area contributed by atoms with Crippen molar-refractivity contribution in [2.45, 2.75) is 26.9 Å². The van der Waals surface area contributed by atoms with E-state index in [0.717, 1.165) is 21.4 Å². The molecular weight excluding hydrogens is 409 g/mol. The van der Waals surface area contributed by atoms with Crippen LogP contribution in [-0.4, -0.2) is 35.7 Å². The van der Waals surface area contributed by atoms with Crippen molar-refractivity contribution >= 4 is 34.2 Å². The van der Waals surface area contributed by atoms with Crippen LogP contribution in [0.3, 0.4) is 0 Å². The van der Waals surface area contributed by atoms with Crippen molar-refractivity contribution in [1.82, 2.24) is 29.8 Å². The first-order valence-corrected chi connectivity index (χ1v) is 8.20. The Kier molecular flexibility index (Phi) is 4.46. The molecule has 0 saturated heterocycles. The summed E-state index contributed by atoms with van der Waals surface area (Å²) in [4.78, 5) is 12.1. The largest absolute Gasteiger partial charge is 0.318 e. The van der Waals surface area contributed by atoms with E-state index in [4.69, 9.17) is 0 Å². The van der Waals surface area contributed by atoms with E-state index in [9.17, 15) is 4.79 Å². The molecule has 0 aliphatic carbocycles. The van der Waals surface area contributed by atoms with Gasteiger partial charge in [-0.15, -0.1) is 0 Å². The van der Waals surface area contributed by atoms with Gasteiger partial charge in [0, 0.05) is 24.0 Å². The Morgan fingerprint density at radius 1 is 1.35 bits per heavy atom. The maximum absolute atomic E-state index is 12.1. The number of aromatic amines is 1. The number of aryl methyl sites for hydroxylation is 1. The van der Waals surface area contributed by atoms with Gasteiger partial charge in [-0.05, 0) is 36.4 Å². The highest BCUT2D eigenvalue weighted by Gasteiger charge is 2.13. The van der Waals surface area contributed by atoms with Gasteiger partial charge in [-0.25, -0.2) is 0 Å². The van der Waals surface area contributed by atoms with Crippen LogP contribution in [0.1, 0.15) is 28.7 Å². The van der Waals surface area contributed by atoms with Crippen LogP contribution in [0.2, 0.25) is 0 Å². The molecule has 0 radical (unpaired) electrons. The second-order valence-electron chi connectivity index (χ2n) is 5.04. The summed E-state index contributed by atoms with van der Waals surface area (Å²) in [6.45, 7) is 5.55. The summed E-state index contributed by atoms with van der Waals surface area (Å²) in [5.74, 6) is -0.235. The first kappa shape index (κ1) is 15.7. The molecule has 0 aliphatic rings. The molecule has 0 bridgehead atoms. The average Bonchev–Trinajstić information content (AvgIpc) is 3.22. The smallest absolute Gasteiger partial charge is 0.274 e. The zero-order valence-corrected chi connectivity index (χ0v) is 14.9. The molecule has 9 heteroatoms. The molecule has 3 aromatic rings. The zero-order valence-electron chi connectivity index (χ0n) is 12.7. The number of hydrogen-bond donors (Lipinski definition) is 2. The third kappa shape index (κ3) is 3.28.